The maximum Gasteiger partial charge on any atom is 0.123 e. The van der Waals surface area contributed by atoms with Gasteiger partial charge in [-0.15, -0.1) is 0 Å². The minimum atomic E-state index is -0.356. The van der Waals surface area contributed by atoms with Gasteiger partial charge in [0.1, 0.15) is 11.6 Å². The van der Waals surface area contributed by atoms with Gasteiger partial charge in [0.25, 0.3) is 0 Å². The molecular weight excluding hydrogens is 265 g/mol. The zero-order valence-electron chi connectivity index (χ0n) is 10.5. The Morgan fingerprint density at radius 3 is 2.79 bits per heavy atom. The number of benzene rings is 2. The number of halogens is 2. The van der Waals surface area contributed by atoms with Crippen molar-refractivity contribution >= 4 is 11.6 Å². The maximum absolute atomic E-state index is 13.1. The summed E-state index contributed by atoms with van der Waals surface area (Å²) in [6.07, 6.45) is 0. The Kier molecular flexibility index (Phi) is 4.40. The van der Waals surface area contributed by atoms with Gasteiger partial charge in [-0.25, -0.2) is 4.39 Å². The van der Waals surface area contributed by atoms with E-state index in [1.54, 1.807) is 0 Å². The van der Waals surface area contributed by atoms with Crippen molar-refractivity contribution in [3.05, 3.63) is 64.4 Å². The fourth-order valence-electron chi connectivity index (χ4n) is 1.85. The van der Waals surface area contributed by atoms with E-state index in [1.165, 1.54) is 18.2 Å². The molecule has 0 heterocycles. The first kappa shape index (κ1) is 13.8. The quantitative estimate of drug-likeness (QED) is 0.885. The van der Waals surface area contributed by atoms with Crippen LogP contribution in [0.3, 0.4) is 0 Å². The molecule has 1 atom stereocenters. The number of phenols is 1. The molecule has 2 aromatic carbocycles. The number of rotatable bonds is 4. The van der Waals surface area contributed by atoms with Crippen LogP contribution in [0.4, 0.5) is 4.39 Å². The number of phenolic OH excluding ortho intramolecular Hbond substituents is 1. The largest absolute Gasteiger partial charge is 0.508 e. The van der Waals surface area contributed by atoms with Crippen molar-refractivity contribution in [3.63, 3.8) is 0 Å². The van der Waals surface area contributed by atoms with Gasteiger partial charge in [-0.05, 0) is 42.8 Å². The molecule has 2 N–H and O–H groups in total. The molecule has 0 aromatic heterocycles. The Hall–Kier alpha value is -1.58. The van der Waals surface area contributed by atoms with Crippen molar-refractivity contribution in [2.75, 3.05) is 0 Å². The van der Waals surface area contributed by atoms with Gasteiger partial charge in [-0.1, -0.05) is 23.7 Å². The van der Waals surface area contributed by atoms with Gasteiger partial charge in [0, 0.05) is 23.2 Å². The zero-order valence-corrected chi connectivity index (χ0v) is 11.3. The van der Waals surface area contributed by atoms with Gasteiger partial charge in [-0.3, -0.25) is 0 Å². The molecule has 0 aliphatic carbocycles. The molecule has 4 heteroatoms. The lowest BCUT2D eigenvalue weighted by molar-refractivity contribution is 0.457. The van der Waals surface area contributed by atoms with Gasteiger partial charge < -0.3 is 10.4 Å². The summed E-state index contributed by atoms with van der Waals surface area (Å²) in [5.41, 5.74) is 1.58. The van der Waals surface area contributed by atoms with Crippen molar-refractivity contribution < 1.29 is 9.50 Å². The molecule has 0 radical (unpaired) electrons. The van der Waals surface area contributed by atoms with E-state index in [2.05, 4.69) is 5.32 Å². The molecular formula is C15H15ClFNO. The van der Waals surface area contributed by atoms with Crippen molar-refractivity contribution in [1.29, 1.82) is 0 Å². The van der Waals surface area contributed by atoms with E-state index in [0.29, 0.717) is 17.1 Å². The van der Waals surface area contributed by atoms with E-state index in [9.17, 15) is 9.50 Å². The minimum Gasteiger partial charge on any atom is -0.508 e. The van der Waals surface area contributed by atoms with Crippen LogP contribution < -0.4 is 5.32 Å². The van der Waals surface area contributed by atoms with Crippen LogP contribution in [-0.4, -0.2) is 5.11 Å². The third kappa shape index (κ3) is 3.69. The van der Waals surface area contributed by atoms with E-state index in [4.69, 9.17) is 11.6 Å². The van der Waals surface area contributed by atoms with Crippen LogP contribution in [0.1, 0.15) is 24.1 Å². The van der Waals surface area contributed by atoms with Crippen LogP contribution in [0, 0.1) is 5.82 Å². The van der Waals surface area contributed by atoms with Crippen molar-refractivity contribution in [3.8, 4) is 5.75 Å². The molecule has 2 rings (SSSR count). The third-order valence-electron chi connectivity index (χ3n) is 2.99. The van der Waals surface area contributed by atoms with Crippen LogP contribution in [0.15, 0.2) is 42.5 Å². The smallest absolute Gasteiger partial charge is 0.123 e. The minimum absolute atomic E-state index is 0.0568. The van der Waals surface area contributed by atoms with Crippen molar-refractivity contribution in [2.45, 2.75) is 19.5 Å². The summed E-state index contributed by atoms with van der Waals surface area (Å²) in [4.78, 5) is 0. The fourth-order valence-corrected chi connectivity index (χ4v) is 2.05. The number of hydrogen-bond donors (Lipinski definition) is 2. The molecule has 0 bridgehead atoms. The fraction of sp³-hybridized carbons (Fsp3) is 0.200. The Labute approximate surface area is 116 Å². The lowest BCUT2D eigenvalue weighted by Crippen LogP contribution is -2.18. The van der Waals surface area contributed by atoms with E-state index < -0.39 is 0 Å². The molecule has 0 aliphatic heterocycles. The summed E-state index contributed by atoms with van der Waals surface area (Å²) in [6, 6.07) is 11.5. The maximum atomic E-state index is 13.1. The predicted molar refractivity (Wildman–Crippen MR) is 74.8 cm³/mol. The van der Waals surface area contributed by atoms with E-state index in [1.807, 2.05) is 31.2 Å². The molecule has 0 amide bonds. The van der Waals surface area contributed by atoms with Crippen LogP contribution in [-0.2, 0) is 6.54 Å². The van der Waals surface area contributed by atoms with Gasteiger partial charge >= 0.3 is 0 Å². The van der Waals surface area contributed by atoms with E-state index in [-0.39, 0.29) is 17.6 Å². The Morgan fingerprint density at radius 2 is 2.05 bits per heavy atom. The van der Waals surface area contributed by atoms with Crippen LogP contribution in [0.25, 0.3) is 0 Å². The highest BCUT2D eigenvalue weighted by molar-refractivity contribution is 6.30. The van der Waals surface area contributed by atoms with Crippen molar-refractivity contribution in [1.82, 2.24) is 5.32 Å². The standard InChI is InChI=1S/C15H15ClFNO/c1-10(11-3-2-4-13(16)7-11)18-9-12-8-14(17)5-6-15(12)19/h2-8,10,18-19H,9H2,1H3/t10-/m1/s1. The lowest BCUT2D eigenvalue weighted by atomic mass is 10.1. The molecule has 0 saturated carbocycles. The van der Waals surface area contributed by atoms with E-state index in [0.717, 1.165) is 5.56 Å². The topological polar surface area (TPSA) is 32.3 Å². The van der Waals surface area contributed by atoms with Gasteiger partial charge in [0.15, 0.2) is 0 Å². The van der Waals surface area contributed by atoms with Gasteiger partial charge in [0.2, 0.25) is 0 Å². The monoisotopic (exact) mass is 279 g/mol. The molecule has 19 heavy (non-hydrogen) atoms. The first-order valence-corrected chi connectivity index (χ1v) is 6.40. The second-order valence-electron chi connectivity index (χ2n) is 4.43. The second-order valence-corrected chi connectivity index (χ2v) is 4.87. The van der Waals surface area contributed by atoms with E-state index >= 15 is 0 Å². The predicted octanol–water partition coefficient (Wildman–Crippen LogP) is 4.04. The lowest BCUT2D eigenvalue weighted by Gasteiger charge is -2.15. The zero-order chi connectivity index (χ0) is 13.8. The summed E-state index contributed by atoms with van der Waals surface area (Å²) < 4.78 is 13.1. The first-order valence-electron chi connectivity index (χ1n) is 6.02. The van der Waals surface area contributed by atoms with Gasteiger partial charge in [0.05, 0.1) is 0 Å². The third-order valence-corrected chi connectivity index (χ3v) is 3.22. The molecule has 0 aliphatic rings. The number of aromatic hydroxyl groups is 1. The highest BCUT2D eigenvalue weighted by Crippen LogP contribution is 2.21. The Balaban J connectivity index is 2.04. The number of hydrogen-bond acceptors (Lipinski definition) is 2. The SMILES string of the molecule is C[C@@H](NCc1cc(F)ccc1O)c1cccc(Cl)c1. The molecule has 2 aromatic rings. The second kappa shape index (κ2) is 6.04. The highest BCUT2D eigenvalue weighted by atomic mass is 35.5. The van der Waals surface area contributed by atoms with Crippen molar-refractivity contribution in [2.24, 2.45) is 0 Å². The average molecular weight is 280 g/mol. The average Bonchev–Trinajstić information content (AvgIpc) is 2.39. The Morgan fingerprint density at radius 1 is 1.26 bits per heavy atom. The summed E-state index contributed by atoms with van der Waals surface area (Å²) >= 11 is 5.93. The van der Waals surface area contributed by atoms with Gasteiger partial charge in [-0.2, -0.15) is 0 Å². The van der Waals surface area contributed by atoms with Crippen LogP contribution in [0.2, 0.25) is 5.02 Å². The molecule has 0 saturated heterocycles. The summed E-state index contributed by atoms with van der Waals surface area (Å²) in [5.74, 6) is -0.266. The summed E-state index contributed by atoms with van der Waals surface area (Å²) in [5, 5.41) is 13.5. The molecule has 2 nitrogen and oxygen atoms in total. The molecule has 0 fully saturated rings. The molecule has 100 valence electrons. The summed E-state index contributed by atoms with van der Waals surface area (Å²) in [6.45, 7) is 2.37. The van der Waals surface area contributed by atoms with Crippen LogP contribution >= 0.6 is 11.6 Å². The molecule has 0 spiro atoms. The van der Waals surface area contributed by atoms with Crippen LogP contribution in [0.5, 0.6) is 5.75 Å². The first-order chi connectivity index (χ1) is 9.06. The Bertz CT molecular complexity index is 574. The molecule has 0 unspecified atom stereocenters. The highest BCUT2D eigenvalue weighted by Gasteiger charge is 2.08. The normalized spacial score (nSPS) is 12.4. The summed E-state index contributed by atoms with van der Waals surface area (Å²) in [7, 11) is 0. The number of nitrogens with one attached hydrogen (secondary N) is 1.